The summed E-state index contributed by atoms with van der Waals surface area (Å²) in [5.41, 5.74) is 7.45. The zero-order valence-electron chi connectivity index (χ0n) is 41.6. The van der Waals surface area contributed by atoms with Gasteiger partial charge in [0.25, 0.3) is 10.0 Å². The summed E-state index contributed by atoms with van der Waals surface area (Å²) in [5.74, 6) is -3.84. The van der Waals surface area contributed by atoms with Crippen LogP contribution in [0.25, 0.3) is 0 Å². The molecule has 1 aliphatic heterocycles. The normalized spacial score (nSPS) is 19.7. The second kappa shape index (κ2) is 23.8. The number of Topliss-reactive ketones (excluding diaryl/α,β-unsaturated/α-hetero) is 2. The van der Waals surface area contributed by atoms with Crippen molar-refractivity contribution in [3.63, 3.8) is 0 Å². The Balaban J connectivity index is 1.51. The zero-order chi connectivity index (χ0) is 49.3. The SMILES string of the molecule is CC[C@H](C)[C@@H]([C@@H](CC(=O)N1CCC[C@H]1[C@H](OC)[C@@H](C)C(=O)C[C@@H](Cc1ccccc1)C(=O)NS(=O)(=O)c1ccc(C2(N)CC2)cc1)OC)N(C)C(=O)[C@@H](CC(=O)[C@H](C(C)C)N(C)C)C(C)C. The van der Waals surface area contributed by atoms with Crippen LogP contribution in [0.1, 0.15) is 111 Å². The minimum Gasteiger partial charge on any atom is -0.379 e. The average molecular weight is 938 g/mol. The fourth-order valence-electron chi connectivity index (χ4n) is 10.1. The Hall–Kier alpha value is -4.02. The van der Waals surface area contributed by atoms with E-state index in [9.17, 15) is 32.4 Å². The fraction of sp³-hybridized carbons (Fsp3) is 0.667. The van der Waals surface area contributed by atoms with E-state index < -0.39 is 63.5 Å². The van der Waals surface area contributed by atoms with Gasteiger partial charge in [0.15, 0.2) is 5.78 Å². The van der Waals surface area contributed by atoms with Gasteiger partial charge in [-0.1, -0.05) is 97.4 Å². The van der Waals surface area contributed by atoms with Gasteiger partial charge in [-0.3, -0.25) is 28.9 Å². The molecule has 1 aliphatic carbocycles. The molecule has 3 amide bonds. The van der Waals surface area contributed by atoms with Gasteiger partial charge in [-0.25, -0.2) is 13.1 Å². The first-order chi connectivity index (χ1) is 31.0. The molecule has 1 saturated carbocycles. The number of likely N-dealkylation sites (tertiary alicyclic amines) is 1. The number of benzene rings is 2. The van der Waals surface area contributed by atoms with Crippen LogP contribution in [0.15, 0.2) is 59.5 Å². The molecule has 0 unspecified atom stereocenters. The van der Waals surface area contributed by atoms with Crippen LogP contribution >= 0.6 is 0 Å². The summed E-state index contributed by atoms with van der Waals surface area (Å²) in [5, 5.41) is 0. The molecule has 2 aliphatic rings. The fourth-order valence-corrected chi connectivity index (χ4v) is 11.1. The van der Waals surface area contributed by atoms with Gasteiger partial charge in [-0.05, 0) is 87.2 Å². The highest BCUT2D eigenvalue weighted by Gasteiger charge is 2.44. The first kappa shape index (κ1) is 54.6. The van der Waals surface area contributed by atoms with E-state index >= 15 is 0 Å². The van der Waals surface area contributed by atoms with Gasteiger partial charge >= 0.3 is 0 Å². The summed E-state index contributed by atoms with van der Waals surface area (Å²) in [6.07, 6.45) is 2.17. The molecule has 2 aromatic carbocycles. The van der Waals surface area contributed by atoms with Gasteiger partial charge in [0.1, 0.15) is 5.78 Å². The lowest BCUT2D eigenvalue weighted by molar-refractivity contribution is -0.149. The maximum Gasteiger partial charge on any atom is 0.264 e. The number of carbonyl (C=O) groups is 5. The van der Waals surface area contributed by atoms with Crippen molar-refractivity contribution in [2.45, 2.75) is 147 Å². The molecule has 2 fully saturated rings. The first-order valence-corrected chi connectivity index (χ1v) is 25.3. The number of hydrogen-bond donors (Lipinski definition) is 2. The van der Waals surface area contributed by atoms with Crippen LogP contribution in [0, 0.1) is 35.5 Å². The number of carbonyl (C=O) groups excluding carboxylic acids is 5. The number of nitrogens with two attached hydrogens (primary N) is 1. The number of ether oxygens (including phenoxy) is 2. The third kappa shape index (κ3) is 13.6. The molecule has 1 saturated heterocycles. The quantitative estimate of drug-likeness (QED) is 0.113. The minimum absolute atomic E-state index is 0.0217. The lowest BCUT2D eigenvalue weighted by Gasteiger charge is -2.41. The van der Waals surface area contributed by atoms with Crippen LogP contribution in [-0.4, -0.2) is 125 Å². The maximum atomic E-state index is 14.5. The molecule has 14 nitrogen and oxygen atoms in total. The van der Waals surface area contributed by atoms with Gasteiger partial charge in [0.05, 0.1) is 41.6 Å². The Labute approximate surface area is 395 Å². The van der Waals surface area contributed by atoms with Crippen LogP contribution in [0.5, 0.6) is 0 Å². The zero-order valence-corrected chi connectivity index (χ0v) is 42.4. The number of ketones is 2. The second-order valence-corrected chi connectivity index (χ2v) is 21.7. The van der Waals surface area contributed by atoms with Gasteiger partial charge in [-0.15, -0.1) is 0 Å². The predicted molar refractivity (Wildman–Crippen MR) is 257 cm³/mol. The number of sulfonamides is 1. The van der Waals surface area contributed by atoms with E-state index in [0.29, 0.717) is 25.8 Å². The molecule has 66 heavy (non-hydrogen) atoms. The highest BCUT2D eigenvalue weighted by Crippen LogP contribution is 2.42. The summed E-state index contributed by atoms with van der Waals surface area (Å²) in [7, 11) is 4.29. The summed E-state index contributed by atoms with van der Waals surface area (Å²) in [4.78, 5) is 76.0. The molecule has 3 N–H and O–H groups in total. The van der Waals surface area contributed by atoms with Crippen molar-refractivity contribution in [1.82, 2.24) is 19.4 Å². The monoisotopic (exact) mass is 938 g/mol. The number of likely N-dealkylation sites (N-methyl/N-ethyl adjacent to an activating group) is 2. The first-order valence-electron chi connectivity index (χ1n) is 23.8. The van der Waals surface area contributed by atoms with E-state index in [4.69, 9.17) is 15.2 Å². The van der Waals surface area contributed by atoms with Crippen molar-refractivity contribution in [3.05, 3.63) is 65.7 Å². The van der Waals surface area contributed by atoms with Gasteiger partial charge in [0, 0.05) is 63.9 Å². The second-order valence-electron chi connectivity index (χ2n) is 20.0. The number of nitrogens with one attached hydrogen (secondary N) is 1. The van der Waals surface area contributed by atoms with E-state index in [-0.39, 0.29) is 77.8 Å². The maximum absolute atomic E-state index is 14.5. The summed E-state index contributed by atoms with van der Waals surface area (Å²) >= 11 is 0. The molecule has 0 aromatic heterocycles. The number of methoxy groups -OCH3 is 2. The van der Waals surface area contributed by atoms with Crippen molar-refractivity contribution in [3.8, 4) is 0 Å². The number of nitrogens with zero attached hydrogens (tertiary/aromatic N) is 3. The molecule has 1 heterocycles. The molecule has 2 aromatic rings. The molecule has 4 rings (SSSR count). The van der Waals surface area contributed by atoms with E-state index in [1.807, 2.05) is 90.9 Å². The van der Waals surface area contributed by atoms with Gasteiger partial charge in [0.2, 0.25) is 17.7 Å². The topological polar surface area (TPSA) is 186 Å². The Bertz CT molecular complexity index is 2050. The summed E-state index contributed by atoms with van der Waals surface area (Å²) in [6, 6.07) is 14.1. The van der Waals surface area contributed by atoms with Crippen LogP contribution in [-0.2, 0) is 55.4 Å². The summed E-state index contributed by atoms with van der Waals surface area (Å²) in [6.45, 7) is 14.2. The molecular weight excluding hydrogens is 859 g/mol. The number of hydrogen-bond acceptors (Lipinski definition) is 11. The Kier molecular flexibility index (Phi) is 19.7. The molecule has 0 spiro atoms. The third-order valence-electron chi connectivity index (χ3n) is 14.3. The van der Waals surface area contributed by atoms with Crippen molar-refractivity contribution < 1.29 is 41.9 Å². The van der Waals surface area contributed by atoms with E-state index in [1.54, 1.807) is 43.0 Å². The third-order valence-corrected chi connectivity index (χ3v) is 15.7. The van der Waals surface area contributed by atoms with Crippen molar-refractivity contribution in [2.24, 2.45) is 41.2 Å². The molecule has 15 heteroatoms. The van der Waals surface area contributed by atoms with Crippen LogP contribution in [0.3, 0.4) is 0 Å². The summed E-state index contributed by atoms with van der Waals surface area (Å²) < 4.78 is 41.3. The smallest absolute Gasteiger partial charge is 0.264 e. The van der Waals surface area contributed by atoms with Gasteiger partial charge < -0.3 is 25.0 Å². The molecule has 0 radical (unpaired) electrons. The lowest BCUT2D eigenvalue weighted by atomic mass is 9.83. The predicted octanol–water partition coefficient (Wildman–Crippen LogP) is 6.00. The number of rotatable bonds is 26. The Morgan fingerprint density at radius 3 is 1.98 bits per heavy atom. The van der Waals surface area contributed by atoms with E-state index in [2.05, 4.69) is 4.72 Å². The number of amides is 3. The Morgan fingerprint density at radius 1 is 0.848 bits per heavy atom. The van der Waals surface area contributed by atoms with Crippen LogP contribution < -0.4 is 10.5 Å². The Morgan fingerprint density at radius 2 is 1.47 bits per heavy atom. The standard InChI is InChI=1S/C51H79N5O9S/c1-13-34(6)47(55(10)50(61)40(32(2)3)30-43(58)46(33(4)5)54(8)9)44(64-11)31-45(59)56-27-17-20-41(56)48(65-12)35(7)42(57)29-37(28-36-18-15-14-16-19-36)49(60)53-66(62,63)39-23-21-38(22-24-39)51(52)25-26-51/h14-16,18-19,21-24,32-35,37,40-41,44,46-48H,13,17,20,25-31,52H2,1-12H3,(H,53,60)/t34-,35-,37+,40-,41-,44+,46-,47-,48+/m0/s1. The van der Waals surface area contributed by atoms with Crippen molar-refractivity contribution in [1.29, 1.82) is 0 Å². The molecule has 368 valence electrons. The van der Waals surface area contributed by atoms with Crippen LogP contribution in [0.2, 0.25) is 0 Å². The van der Waals surface area contributed by atoms with Crippen LogP contribution in [0.4, 0.5) is 0 Å². The lowest BCUT2D eigenvalue weighted by Crippen LogP contribution is -2.54. The van der Waals surface area contributed by atoms with Crippen molar-refractivity contribution >= 4 is 39.3 Å². The average Bonchev–Trinajstić information content (AvgIpc) is 3.84. The van der Waals surface area contributed by atoms with Gasteiger partial charge in [-0.2, -0.15) is 0 Å². The molecule has 0 bridgehead atoms. The molecule has 9 atom stereocenters. The van der Waals surface area contributed by atoms with Crippen molar-refractivity contribution in [2.75, 3.05) is 41.9 Å². The highest BCUT2D eigenvalue weighted by atomic mass is 32.2. The van der Waals surface area contributed by atoms with E-state index in [1.165, 1.54) is 19.2 Å². The molecular formula is C51H79N5O9S. The highest BCUT2D eigenvalue weighted by molar-refractivity contribution is 7.90. The van der Waals surface area contributed by atoms with E-state index in [0.717, 1.165) is 24.0 Å². The minimum atomic E-state index is -4.27. The largest absolute Gasteiger partial charge is 0.379 e.